The normalized spacial score (nSPS) is 18.1. The van der Waals surface area contributed by atoms with Crippen LogP contribution in [0, 0.1) is 0 Å². The number of aromatic amines is 2. The van der Waals surface area contributed by atoms with Gasteiger partial charge in [-0.2, -0.15) is 5.10 Å². The predicted octanol–water partition coefficient (Wildman–Crippen LogP) is 2.02. The summed E-state index contributed by atoms with van der Waals surface area (Å²) in [6.07, 6.45) is 5.03. The molecule has 31 heavy (non-hydrogen) atoms. The number of rotatable bonds is 3. The Hall–Kier alpha value is -3.30. The summed E-state index contributed by atoms with van der Waals surface area (Å²) in [7, 11) is 2.16. The molecular formula is C22H25N9. The molecule has 9 nitrogen and oxygen atoms in total. The van der Waals surface area contributed by atoms with Crippen molar-refractivity contribution in [3.05, 3.63) is 36.2 Å². The molecular weight excluding hydrogens is 390 g/mol. The Bertz CT molecular complexity index is 1280. The maximum Gasteiger partial charge on any atom is 0.180 e. The van der Waals surface area contributed by atoms with Crippen molar-refractivity contribution < 1.29 is 0 Å². The second-order valence-corrected chi connectivity index (χ2v) is 8.25. The van der Waals surface area contributed by atoms with Gasteiger partial charge in [-0.05, 0) is 43.8 Å². The van der Waals surface area contributed by atoms with Crippen LogP contribution in [-0.2, 0) is 0 Å². The third kappa shape index (κ3) is 3.26. The maximum atomic E-state index is 4.94. The molecule has 0 bridgehead atoms. The molecule has 2 aliphatic rings. The fourth-order valence-corrected chi connectivity index (χ4v) is 4.42. The number of hydrogen-bond acceptors (Lipinski definition) is 7. The molecule has 9 heteroatoms. The Morgan fingerprint density at radius 1 is 1.03 bits per heavy atom. The van der Waals surface area contributed by atoms with Crippen LogP contribution in [0.5, 0.6) is 0 Å². The van der Waals surface area contributed by atoms with Crippen molar-refractivity contribution in [2.24, 2.45) is 0 Å². The molecule has 6 rings (SSSR count). The average Bonchev–Trinajstić information content (AvgIpc) is 3.43. The molecule has 0 spiro atoms. The third-order valence-corrected chi connectivity index (χ3v) is 6.24. The first-order valence-electron chi connectivity index (χ1n) is 10.8. The number of nitrogens with one attached hydrogen (secondary N) is 3. The first-order valence-corrected chi connectivity index (χ1v) is 10.8. The van der Waals surface area contributed by atoms with Crippen LogP contribution in [0.1, 0.15) is 12.1 Å². The van der Waals surface area contributed by atoms with Gasteiger partial charge in [-0.15, -0.1) is 0 Å². The van der Waals surface area contributed by atoms with Gasteiger partial charge < -0.3 is 20.1 Å². The third-order valence-electron chi connectivity index (χ3n) is 6.24. The number of piperazine rings is 1. The molecule has 0 aromatic carbocycles. The summed E-state index contributed by atoms with van der Waals surface area (Å²) in [5.41, 5.74) is 7.55. The summed E-state index contributed by atoms with van der Waals surface area (Å²) in [6, 6.07) is 6.18. The van der Waals surface area contributed by atoms with Crippen molar-refractivity contribution in [3.8, 4) is 11.5 Å². The number of nitrogens with zero attached hydrogens (tertiary/aromatic N) is 6. The average molecular weight is 416 g/mol. The van der Waals surface area contributed by atoms with E-state index in [1.54, 1.807) is 0 Å². The van der Waals surface area contributed by atoms with Gasteiger partial charge in [-0.1, -0.05) is 6.08 Å². The SMILES string of the molecule is CN1CCN(c2ccnc3nc(-c4n[nH]c5ccc(C6=CCNCC6)nc45)[nH]c23)CC1. The fraction of sp³-hybridized carbons (Fsp3) is 0.364. The first-order chi connectivity index (χ1) is 15.3. The number of pyridine rings is 2. The molecule has 6 heterocycles. The number of hydrogen-bond donors (Lipinski definition) is 3. The van der Waals surface area contributed by atoms with E-state index >= 15 is 0 Å². The number of anilines is 1. The van der Waals surface area contributed by atoms with Crippen molar-refractivity contribution in [3.63, 3.8) is 0 Å². The molecule has 0 amide bonds. The van der Waals surface area contributed by atoms with Crippen molar-refractivity contribution in [1.29, 1.82) is 0 Å². The smallest absolute Gasteiger partial charge is 0.180 e. The van der Waals surface area contributed by atoms with Gasteiger partial charge in [0.25, 0.3) is 0 Å². The van der Waals surface area contributed by atoms with E-state index in [0.29, 0.717) is 11.5 Å². The van der Waals surface area contributed by atoms with Gasteiger partial charge in [0.05, 0.1) is 16.9 Å². The molecule has 4 aromatic heterocycles. The molecule has 0 radical (unpaired) electrons. The highest BCUT2D eigenvalue weighted by Crippen LogP contribution is 2.30. The Labute approximate surface area is 179 Å². The van der Waals surface area contributed by atoms with Crippen LogP contribution in [0.15, 0.2) is 30.5 Å². The minimum atomic E-state index is 0.694. The summed E-state index contributed by atoms with van der Waals surface area (Å²) in [6.45, 7) is 5.94. The van der Waals surface area contributed by atoms with Crippen molar-refractivity contribution in [1.82, 2.24) is 40.3 Å². The number of imidazole rings is 1. The van der Waals surface area contributed by atoms with Crippen LogP contribution in [0.3, 0.4) is 0 Å². The largest absolute Gasteiger partial charge is 0.367 e. The molecule has 0 unspecified atom stereocenters. The van der Waals surface area contributed by atoms with Crippen molar-refractivity contribution in [2.45, 2.75) is 6.42 Å². The zero-order valence-corrected chi connectivity index (χ0v) is 17.5. The monoisotopic (exact) mass is 415 g/mol. The van der Waals surface area contributed by atoms with Crippen molar-refractivity contribution >= 4 is 33.5 Å². The zero-order valence-electron chi connectivity index (χ0n) is 17.5. The Morgan fingerprint density at radius 2 is 1.94 bits per heavy atom. The second kappa shape index (κ2) is 7.44. The van der Waals surface area contributed by atoms with Crippen molar-refractivity contribution in [2.75, 3.05) is 51.2 Å². The summed E-state index contributed by atoms with van der Waals surface area (Å²) >= 11 is 0. The molecule has 1 fully saturated rings. The topological polar surface area (TPSA) is 102 Å². The zero-order chi connectivity index (χ0) is 20.8. The summed E-state index contributed by atoms with van der Waals surface area (Å²) in [5.74, 6) is 0.694. The highest BCUT2D eigenvalue weighted by atomic mass is 15.3. The van der Waals surface area contributed by atoms with Crippen LogP contribution in [-0.4, -0.2) is 81.3 Å². The van der Waals surface area contributed by atoms with E-state index in [9.17, 15) is 0 Å². The second-order valence-electron chi connectivity index (χ2n) is 8.25. The highest BCUT2D eigenvalue weighted by molar-refractivity contribution is 5.93. The van der Waals surface area contributed by atoms with Gasteiger partial charge in [0, 0.05) is 38.9 Å². The molecule has 0 aliphatic carbocycles. The van der Waals surface area contributed by atoms with E-state index in [4.69, 9.17) is 9.97 Å². The minimum Gasteiger partial charge on any atom is -0.367 e. The fourth-order valence-electron chi connectivity index (χ4n) is 4.42. The van der Waals surface area contributed by atoms with E-state index in [0.717, 1.165) is 79.3 Å². The summed E-state index contributed by atoms with van der Waals surface area (Å²) in [5, 5.41) is 11.0. The predicted molar refractivity (Wildman–Crippen MR) is 122 cm³/mol. The molecule has 2 aliphatic heterocycles. The number of likely N-dealkylation sites (N-methyl/N-ethyl adjacent to an activating group) is 1. The Balaban J connectivity index is 1.42. The van der Waals surface area contributed by atoms with Gasteiger partial charge >= 0.3 is 0 Å². The lowest BCUT2D eigenvalue weighted by Gasteiger charge is -2.34. The van der Waals surface area contributed by atoms with Crippen LogP contribution >= 0.6 is 0 Å². The Kier molecular flexibility index (Phi) is 4.43. The van der Waals surface area contributed by atoms with Crippen LogP contribution in [0.4, 0.5) is 5.69 Å². The molecule has 0 saturated carbocycles. The standard InChI is InChI=1S/C22H25N9/c1-30-10-12-31(13-11-30)17-6-9-24-21-19(17)26-22(27-21)20-18-16(28-29-20)3-2-15(25-18)14-4-7-23-8-5-14/h2-4,6,9,23H,5,7-8,10-13H2,1H3,(H,28,29)(H,24,26,27). The van der Waals surface area contributed by atoms with Gasteiger partial charge in [0.2, 0.25) is 0 Å². The van der Waals surface area contributed by atoms with E-state index in [2.05, 4.69) is 60.5 Å². The molecule has 158 valence electrons. The van der Waals surface area contributed by atoms with Gasteiger partial charge in [0.1, 0.15) is 11.0 Å². The summed E-state index contributed by atoms with van der Waals surface area (Å²) < 4.78 is 0. The number of fused-ring (bicyclic) bond motifs is 2. The van der Waals surface area contributed by atoms with Gasteiger partial charge in [-0.25, -0.2) is 15.0 Å². The van der Waals surface area contributed by atoms with Gasteiger partial charge in [-0.3, -0.25) is 5.10 Å². The molecule has 1 saturated heterocycles. The molecule has 0 atom stereocenters. The van der Waals surface area contributed by atoms with Gasteiger partial charge in [0.15, 0.2) is 17.2 Å². The Morgan fingerprint density at radius 3 is 2.77 bits per heavy atom. The minimum absolute atomic E-state index is 0.694. The van der Waals surface area contributed by atoms with Crippen LogP contribution < -0.4 is 10.2 Å². The lowest BCUT2D eigenvalue weighted by Crippen LogP contribution is -2.44. The highest BCUT2D eigenvalue weighted by Gasteiger charge is 2.21. The summed E-state index contributed by atoms with van der Waals surface area (Å²) in [4.78, 5) is 22.4. The molecule has 3 N–H and O–H groups in total. The lowest BCUT2D eigenvalue weighted by molar-refractivity contribution is 0.313. The van der Waals surface area contributed by atoms with E-state index in [1.807, 2.05) is 12.3 Å². The maximum absolute atomic E-state index is 4.94. The van der Waals surface area contributed by atoms with E-state index in [1.165, 1.54) is 5.57 Å². The first kappa shape index (κ1) is 18.5. The molecule has 4 aromatic rings. The quantitative estimate of drug-likeness (QED) is 0.471. The van der Waals surface area contributed by atoms with E-state index in [-0.39, 0.29) is 0 Å². The number of aromatic nitrogens is 6. The number of H-pyrrole nitrogens is 2. The van der Waals surface area contributed by atoms with E-state index < -0.39 is 0 Å². The lowest BCUT2D eigenvalue weighted by atomic mass is 10.1. The van der Waals surface area contributed by atoms with Crippen LogP contribution in [0.25, 0.3) is 39.3 Å². The van der Waals surface area contributed by atoms with Crippen LogP contribution in [0.2, 0.25) is 0 Å².